The Kier molecular flexibility index (Phi) is 7.12. The van der Waals surface area contributed by atoms with Gasteiger partial charge in [-0.25, -0.2) is 0 Å². The highest BCUT2D eigenvalue weighted by molar-refractivity contribution is 6.40. The molecule has 0 aliphatic heterocycles. The van der Waals surface area contributed by atoms with Crippen LogP contribution in [0.25, 0.3) is 0 Å². The zero-order chi connectivity index (χ0) is 10.4. The molecule has 1 aromatic heterocycles. The van der Waals surface area contributed by atoms with Crippen molar-refractivity contribution in [3.63, 3.8) is 0 Å². The van der Waals surface area contributed by atoms with Crippen LogP contribution in [0.4, 0.5) is 0 Å². The number of hydrogen-bond donors (Lipinski definition) is 3. The van der Waals surface area contributed by atoms with Gasteiger partial charge in [-0.1, -0.05) is 6.42 Å². The van der Waals surface area contributed by atoms with Crippen LogP contribution in [0.3, 0.4) is 0 Å². The maximum absolute atomic E-state index is 8.61. The maximum atomic E-state index is 8.61. The van der Waals surface area contributed by atoms with E-state index in [-0.39, 0.29) is 12.4 Å². The molecule has 0 fully saturated rings. The van der Waals surface area contributed by atoms with Gasteiger partial charge in [0.1, 0.15) is 0 Å². The summed E-state index contributed by atoms with van der Waals surface area (Å²) in [5, 5.41) is 25.0. The number of unbranched alkanes of at least 4 members (excludes halogenated alkanes) is 1. The lowest BCUT2D eigenvalue weighted by Crippen LogP contribution is -2.10. The second-order valence-electron chi connectivity index (χ2n) is 3.30. The molecule has 4 nitrogen and oxygen atoms in total. The lowest BCUT2D eigenvalue weighted by molar-refractivity contribution is 0.401. The Morgan fingerprint density at radius 1 is 1.20 bits per heavy atom. The Morgan fingerprint density at radius 3 is 2.33 bits per heavy atom. The largest absolute Gasteiger partial charge is 0.451 e. The SMILES string of the molecule is Cl.N=c1ccn(CCCCB(O)O)cc1. The second kappa shape index (κ2) is 7.51. The Hall–Kier alpha value is -0.775. The summed E-state index contributed by atoms with van der Waals surface area (Å²) in [5.41, 5.74) is 0. The third kappa shape index (κ3) is 6.33. The van der Waals surface area contributed by atoms with Gasteiger partial charge in [0.25, 0.3) is 0 Å². The predicted octanol–water partition coefficient (Wildman–Crippen LogP) is 0.642. The monoisotopic (exact) mass is 230 g/mol. The zero-order valence-electron chi connectivity index (χ0n) is 8.47. The summed E-state index contributed by atoms with van der Waals surface area (Å²) < 4.78 is 1.99. The summed E-state index contributed by atoms with van der Waals surface area (Å²) in [4.78, 5) is 0. The van der Waals surface area contributed by atoms with Gasteiger partial charge in [-0.2, -0.15) is 0 Å². The van der Waals surface area contributed by atoms with Gasteiger partial charge in [0, 0.05) is 18.9 Å². The number of hydrogen-bond acceptors (Lipinski definition) is 3. The zero-order valence-corrected chi connectivity index (χ0v) is 9.28. The molecule has 1 rings (SSSR count). The third-order valence-electron chi connectivity index (χ3n) is 2.02. The Morgan fingerprint density at radius 2 is 1.80 bits per heavy atom. The Balaban J connectivity index is 0.00000196. The van der Waals surface area contributed by atoms with Crippen LogP contribution in [0.1, 0.15) is 12.8 Å². The van der Waals surface area contributed by atoms with Gasteiger partial charge < -0.3 is 20.0 Å². The first-order valence-corrected chi connectivity index (χ1v) is 4.75. The molecule has 1 aromatic rings. The van der Waals surface area contributed by atoms with Crippen molar-refractivity contribution in [2.45, 2.75) is 25.7 Å². The predicted molar refractivity (Wildman–Crippen MR) is 61.8 cm³/mol. The molecular weight excluding hydrogens is 214 g/mol. The second-order valence-corrected chi connectivity index (χ2v) is 3.30. The quantitative estimate of drug-likeness (QED) is 0.513. The molecule has 15 heavy (non-hydrogen) atoms. The van der Waals surface area contributed by atoms with E-state index in [9.17, 15) is 0 Å². The summed E-state index contributed by atoms with van der Waals surface area (Å²) in [5.74, 6) is 0. The fraction of sp³-hybridized carbons (Fsp3) is 0.444. The summed E-state index contributed by atoms with van der Waals surface area (Å²) in [6, 6.07) is 3.47. The van der Waals surface area contributed by atoms with E-state index in [0.29, 0.717) is 11.7 Å². The number of nitrogens with zero attached hydrogens (tertiary/aromatic N) is 1. The van der Waals surface area contributed by atoms with E-state index < -0.39 is 7.12 Å². The fourth-order valence-corrected chi connectivity index (χ4v) is 1.23. The number of rotatable bonds is 5. The van der Waals surface area contributed by atoms with Crippen molar-refractivity contribution >= 4 is 19.5 Å². The minimum absolute atomic E-state index is 0. The van der Waals surface area contributed by atoms with Gasteiger partial charge in [0.2, 0.25) is 0 Å². The highest BCUT2D eigenvalue weighted by atomic mass is 35.5. The number of aromatic nitrogens is 1. The number of nitrogens with one attached hydrogen (secondary N) is 1. The molecule has 1 heterocycles. The fourth-order valence-electron chi connectivity index (χ4n) is 1.23. The summed E-state index contributed by atoms with van der Waals surface area (Å²) in [6.45, 7) is 0.854. The van der Waals surface area contributed by atoms with Crippen LogP contribution in [-0.2, 0) is 6.54 Å². The Bertz CT molecular complexity index is 310. The van der Waals surface area contributed by atoms with Gasteiger partial charge in [-0.3, -0.25) is 0 Å². The van der Waals surface area contributed by atoms with Crippen LogP contribution < -0.4 is 5.36 Å². The first-order chi connectivity index (χ1) is 6.68. The maximum Gasteiger partial charge on any atom is 0.451 e. The highest BCUT2D eigenvalue weighted by Crippen LogP contribution is 2.00. The van der Waals surface area contributed by atoms with E-state index >= 15 is 0 Å². The van der Waals surface area contributed by atoms with Crippen molar-refractivity contribution in [1.82, 2.24) is 4.57 Å². The van der Waals surface area contributed by atoms with E-state index in [2.05, 4.69) is 0 Å². The van der Waals surface area contributed by atoms with Crippen LogP contribution >= 0.6 is 12.4 Å². The topological polar surface area (TPSA) is 69.2 Å². The van der Waals surface area contributed by atoms with Gasteiger partial charge >= 0.3 is 7.12 Å². The summed E-state index contributed by atoms with van der Waals surface area (Å²) in [6.07, 6.45) is 5.86. The van der Waals surface area contributed by atoms with Gasteiger partial charge in [0.05, 0.1) is 5.36 Å². The van der Waals surface area contributed by atoms with Crippen LogP contribution in [0.15, 0.2) is 24.5 Å². The molecule has 6 heteroatoms. The molecule has 0 bridgehead atoms. The highest BCUT2D eigenvalue weighted by Gasteiger charge is 2.04. The van der Waals surface area contributed by atoms with Crippen molar-refractivity contribution in [3.8, 4) is 0 Å². The van der Waals surface area contributed by atoms with E-state index in [0.717, 1.165) is 19.4 Å². The van der Waals surface area contributed by atoms with E-state index in [1.54, 1.807) is 12.1 Å². The Labute approximate surface area is 95.6 Å². The lowest BCUT2D eigenvalue weighted by Gasteiger charge is -2.05. The first-order valence-electron chi connectivity index (χ1n) is 4.75. The van der Waals surface area contributed by atoms with E-state index in [1.165, 1.54) is 0 Å². The minimum Gasteiger partial charge on any atom is -0.427 e. The molecule has 0 radical (unpaired) electrons. The molecule has 0 saturated carbocycles. The van der Waals surface area contributed by atoms with Crippen LogP contribution in [0, 0.1) is 5.41 Å². The average Bonchev–Trinajstić information content (AvgIpc) is 2.15. The molecule has 0 spiro atoms. The van der Waals surface area contributed by atoms with Gasteiger partial charge in [0.15, 0.2) is 0 Å². The van der Waals surface area contributed by atoms with E-state index in [4.69, 9.17) is 15.5 Å². The third-order valence-corrected chi connectivity index (χ3v) is 2.02. The standard InChI is InChI=1S/C9H15BN2O2.ClH/c11-9-3-7-12(8-4-9)6-2-1-5-10(13)14;/h3-4,7-8,11,13-14H,1-2,5-6H2;1H. The first kappa shape index (κ1) is 14.2. The van der Waals surface area contributed by atoms with Crippen LogP contribution in [0.5, 0.6) is 0 Å². The average molecular weight is 231 g/mol. The molecular formula is C9H16BClN2O2. The molecule has 0 aromatic carbocycles. The normalized spacial score (nSPS) is 9.47. The number of aryl methyl sites for hydroxylation is 1. The van der Waals surface area contributed by atoms with Gasteiger partial charge in [-0.05, 0) is 24.9 Å². The van der Waals surface area contributed by atoms with Gasteiger partial charge in [-0.15, -0.1) is 12.4 Å². The molecule has 0 aliphatic carbocycles. The smallest absolute Gasteiger partial charge is 0.427 e. The molecule has 0 amide bonds. The van der Waals surface area contributed by atoms with Crippen molar-refractivity contribution in [3.05, 3.63) is 29.9 Å². The molecule has 0 aliphatic rings. The number of halogens is 1. The molecule has 3 N–H and O–H groups in total. The number of pyridine rings is 1. The van der Waals surface area contributed by atoms with E-state index in [1.807, 2.05) is 17.0 Å². The molecule has 0 unspecified atom stereocenters. The molecule has 0 saturated heterocycles. The lowest BCUT2D eigenvalue weighted by atomic mass is 9.84. The minimum atomic E-state index is -1.18. The van der Waals surface area contributed by atoms with Crippen LogP contribution in [-0.4, -0.2) is 21.7 Å². The summed E-state index contributed by atoms with van der Waals surface area (Å²) in [7, 11) is -1.18. The molecule has 0 atom stereocenters. The van der Waals surface area contributed by atoms with Crippen molar-refractivity contribution in [1.29, 1.82) is 5.41 Å². The van der Waals surface area contributed by atoms with Crippen LogP contribution in [0.2, 0.25) is 6.32 Å². The summed E-state index contributed by atoms with van der Waals surface area (Å²) >= 11 is 0. The van der Waals surface area contributed by atoms with Crippen molar-refractivity contribution in [2.24, 2.45) is 0 Å². The van der Waals surface area contributed by atoms with Crippen molar-refractivity contribution in [2.75, 3.05) is 0 Å². The molecule has 84 valence electrons. The van der Waals surface area contributed by atoms with Crippen molar-refractivity contribution < 1.29 is 10.0 Å².